The van der Waals surface area contributed by atoms with Crippen LogP contribution in [-0.4, -0.2) is 65.7 Å². The number of ether oxygens (including phenoxy) is 2. The molecule has 0 aromatic carbocycles. The molecular formula is C43H79O10P. The van der Waals surface area contributed by atoms with Crippen molar-refractivity contribution in [1.82, 2.24) is 0 Å². The minimum absolute atomic E-state index is 0.160. The smallest absolute Gasteiger partial charge is 0.462 e. The molecule has 3 atom stereocenters. The number of allylic oxidation sites excluding steroid dienone is 6. The van der Waals surface area contributed by atoms with Crippen LogP contribution in [0.3, 0.4) is 0 Å². The molecule has 0 saturated carbocycles. The Balaban J connectivity index is 4.34. The SMILES string of the molecule is CCCCC/C=C\C/C=C\C/C=C\CCCCCCC(=O)O[C@H](COC(=O)CCCCCCCCCCCCCCCC)COP(=O)(O)OC[C@@H](O)CO. The highest BCUT2D eigenvalue weighted by atomic mass is 31.2. The van der Waals surface area contributed by atoms with E-state index in [0.717, 1.165) is 57.8 Å². The van der Waals surface area contributed by atoms with Gasteiger partial charge < -0.3 is 24.6 Å². The molecule has 0 bridgehead atoms. The third-order valence-electron chi connectivity index (χ3n) is 9.05. The van der Waals surface area contributed by atoms with Gasteiger partial charge in [-0.25, -0.2) is 4.57 Å². The Labute approximate surface area is 329 Å². The molecule has 0 fully saturated rings. The van der Waals surface area contributed by atoms with Gasteiger partial charge in [-0.15, -0.1) is 0 Å². The van der Waals surface area contributed by atoms with Crippen LogP contribution in [0.25, 0.3) is 0 Å². The van der Waals surface area contributed by atoms with E-state index in [-0.39, 0.29) is 19.4 Å². The molecule has 0 aliphatic rings. The molecule has 0 aliphatic heterocycles. The van der Waals surface area contributed by atoms with Gasteiger partial charge in [0.05, 0.1) is 19.8 Å². The van der Waals surface area contributed by atoms with Gasteiger partial charge in [-0.1, -0.05) is 159 Å². The largest absolute Gasteiger partial charge is 0.472 e. The van der Waals surface area contributed by atoms with Crippen molar-refractivity contribution in [2.45, 2.75) is 199 Å². The predicted octanol–water partition coefficient (Wildman–Crippen LogP) is 11.2. The van der Waals surface area contributed by atoms with Crippen molar-refractivity contribution in [2.24, 2.45) is 0 Å². The molecule has 0 amide bonds. The minimum Gasteiger partial charge on any atom is -0.462 e. The normalized spacial score (nSPS) is 14.2. The first-order chi connectivity index (χ1) is 26.2. The van der Waals surface area contributed by atoms with Crippen LogP contribution < -0.4 is 0 Å². The number of unbranched alkanes of at least 4 members (excludes halogenated alkanes) is 20. The van der Waals surface area contributed by atoms with Gasteiger partial charge in [0.15, 0.2) is 6.10 Å². The summed E-state index contributed by atoms with van der Waals surface area (Å²) in [5.41, 5.74) is 0. The number of esters is 2. The van der Waals surface area contributed by atoms with Gasteiger partial charge in [0, 0.05) is 12.8 Å². The van der Waals surface area contributed by atoms with E-state index in [1.807, 2.05) is 0 Å². The summed E-state index contributed by atoms with van der Waals surface area (Å²) in [4.78, 5) is 34.9. The summed E-state index contributed by atoms with van der Waals surface area (Å²) in [6.07, 6.45) is 39.6. The number of phosphoric acid groups is 1. The molecule has 54 heavy (non-hydrogen) atoms. The lowest BCUT2D eigenvalue weighted by Crippen LogP contribution is -2.29. The molecule has 316 valence electrons. The Bertz CT molecular complexity index is 999. The van der Waals surface area contributed by atoms with Crippen LogP contribution in [0.2, 0.25) is 0 Å². The number of carbonyl (C=O) groups excluding carboxylic acids is 2. The molecule has 0 aromatic rings. The molecule has 0 heterocycles. The van der Waals surface area contributed by atoms with Gasteiger partial charge in [-0.2, -0.15) is 0 Å². The maximum absolute atomic E-state index is 12.6. The fourth-order valence-corrected chi connectivity index (χ4v) is 6.50. The first kappa shape index (κ1) is 52.2. The van der Waals surface area contributed by atoms with Gasteiger partial charge in [-0.05, 0) is 51.4 Å². The van der Waals surface area contributed by atoms with Crippen molar-refractivity contribution >= 4 is 19.8 Å². The highest BCUT2D eigenvalue weighted by Gasteiger charge is 2.27. The molecule has 0 aromatic heterocycles. The van der Waals surface area contributed by atoms with E-state index in [2.05, 4.69) is 54.8 Å². The summed E-state index contributed by atoms with van der Waals surface area (Å²) in [7, 11) is -4.62. The fraction of sp³-hybridized carbons (Fsp3) is 0.814. The minimum atomic E-state index is -4.62. The monoisotopic (exact) mass is 787 g/mol. The number of carbonyl (C=O) groups is 2. The zero-order valence-electron chi connectivity index (χ0n) is 34.2. The van der Waals surface area contributed by atoms with Crippen molar-refractivity contribution in [3.05, 3.63) is 36.5 Å². The Hall–Kier alpha value is -1.81. The van der Waals surface area contributed by atoms with Crippen molar-refractivity contribution in [1.29, 1.82) is 0 Å². The molecule has 0 aliphatic carbocycles. The summed E-state index contributed by atoms with van der Waals surface area (Å²) in [5.74, 6) is -0.946. The summed E-state index contributed by atoms with van der Waals surface area (Å²) in [5, 5.41) is 18.3. The van der Waals surface area contributed by atoms with Gasteiger partial charge in [0.1, 0.15) is 12.7 Å². The van der Waals surface area contributed by atoms with Crippen LogP contribution in [0, 0.1) is 0 Å². The molecule has 0 radical (unpaired) electrons. The van der Waals surface area contributed by atoms with Gasteiger partial charge >= 0.3 is 19.8 Å². The molecular weight excluding hydrogens is 707 g/mol. The Kier molecular flexibility index (Phi) is 38.1. The van der Waals surface area contributed by atoms with Crippen LogP contribution >= 0.6 is 7.82 Å². The average Bonchev–Trinajstić information content (AvgIpc) is 3.16. The van der Waals surface area contributed by atoms with Crippen molar-refractivity contribution in [3.63, 3.8) is 0 Å². The van der Waals surface area contributed by atoms with Gasteiger partial charge in [0.25, 0.3) is 0 Å². The summed E-state index contributed by atoms with van der Waals surface area (Å²) >= 11 is 0. The Morgan fingerprint density at radius 2 is 0.963 bits per heavy atom. The number of rotatable bonds is 40. The molecule has 0 rings (SSSR count). The lowest BCUT2D eigenvalue weighted by molar-refractivity contribution is -0.161. The molecule has 1 unspecified atom stereocenters. The summed E-state index contributed by atoms with van der Waals surface area (Å²) in [6.45, 7) is 2.33. The summed E-state index contributed by atoms with van der Waals surface area (Å²) < 4.78 is 32.7. The zero-order valence-corrected chi connectivity index (χ0v) is 35.1. The van der Waals surface area contributed by atoms with Crippen molar-refractivity contribution in [3.8, 4) is 0 Å². The highest BCUT2D eigenvalue weighted by Crippen LogP contribution is 2.43. The Morgan fingerprint density at radius 3 is 1.48 bits per heavy atom. The number of phosphoric ester groups is 1. The first-order valence-electron chi connectivity index (χ1n) is 21.4. The second-order valence-electron chi connectivity index (χ2n) is 14.4. The lowest BCUT2D eigenvalue weighted by atomic mass is 10.0. The van der Waals surface area contributed by atoms with E-state index in [4.69, 9.17) is 19.1 Å². The maximum atomic E-state index is 12.6. The predicted molar refractivity (Wildman–Crippen MR) is 219 cm³/mol. The Morgan fingerprint density at radius 1 is 0.556 bits per heavy atom. The zero-order chi connectivity index (χ0) is 39.8. The molecule has 0 spiro atoms. The molecule has 3 N–H and O–H groups in total. The van der Waals surface area contributed by atoms with Crippen LogP contribution in [0.5, 0.6) is 0 Å². The third kappa shape index (κ3) is 38.5. The van der Waals surface area contributed by atoms with E-state index in [0.29, 0.717) is 12.8 Å². The fourth-order valence-electron chi connectivity index (χ4n) is 5.71. The molecule has 0 saturated heterocycles. The van der Waals surface area contributed by atoms with E-state index in [9.17, 15) is 24.2 Å². The third-order valence-corrected chi connectivity index (χ3v) is 10.00. The summed E-state index contributed by atoms with van der Waals surface area (Å²) in [6, 6.07) is 0. The van der Waals surface area contributed by atoms with E-state index in [1.54, 1.807) is 0 Å². The van der Waals surface area contributed by atoms with Gasteiger partial charge in [0.2, 0.25) is 0 Å². The second-order valence-corrected chi connectivity index (χ2v) is 15.8. The van der Waals surface area contributed by atoms with Crippen LogP contribution in [0.4, 0.5) is 0 Å². The van der Waals surface area contributed by atoms with Gasteiger partial charge in [-0.3, -0.25) is 18.6 Å². The second kappa shape index (κ2) is 39.4. The molecule has 11 heteroatoms. The number of hydrogen-bond donors (Lipinski definition) is 3. The van der Waals surface area contributed by atoms with Crippen molar-refractivity contribution in [2.75, 3.05) is 26.4 Å². The van der Waals surface area contributed by atoms with E-state index < -0.39 is 51.8 Å². The molecule has 10 nitrogen and oxygen atoms in total. The average molecular weight is 787 g/mol. The maximum Gasteiger partial charge on any atom is 0.472 e. The van der Waals surface area contributed by atoms with E-state index in [1.165, 1.54) is 89.9 Å². The van der Waals surface area contributed by atoms with Crippen LogP contribution in [0.15, 0.2) is 36.5 Å². The highest BCUT2D eigenvalue weighted by molar-refractivity contribution is 7.47. The van der Waals surface area contributed by atoms with Crippen molar-refractivity contribution < 1.29 is 47.8 Å². The number of hydrogen-bond acceptors (Lipinski definition) is 9. The number of aliphatic hydroxyl groups is 2. The number of aliphatic hydroxyl groups excluding tert-OH is 2. The van der Waals surface area contributed by atoms with E-state index >= 15 is 0 Å². The lowest BCUT2D eigenvalue weighted by Gasteiger charge is -2.20. The van der Waals surface area contributed by atoms with Crippen LogP contribution in [0.1, 0.15) is 187 Å². The topological polar surface area (TPSA) is 149 Å². The quantitative estimate of drug-likeness (QED) is 0.0237. The van der Waals surface area contributed by atoms with Crippen LogP contribution in [-0.2, 0) is 32.7 Å². The standard InChI is InChI=1S/C43H79O10P/c1-3-5-7-9-11-13-15-17-19-20-21-23-25-27-29-31-33-35-43(47)53-41(39-52-54(48,49)51-37-40(45)36-44)38-50-42(46)34-32-30-28-26-24-22-18-16-14-12-10-8-6-4-2/h11,13,17,19,21,23,40-41,44-45H,3-10,12,14-16,18,20,22,24-39H2,1-2H3,(H,48,49)/b13-11-,19-17-,23-21-/t40-,41+/m0/s1. The first-order valence-corrected chi connectivity index (χ1v) is 22.9.